The zero-order valence-electron chi connectivity index (χ0n) is 14.6. The first-order valence-corrected chi connectivity index (χ1v) is 9.24. The summed E-state index contributed by atoms with van der Waals surface area (Å²) in [5.74, 6) is 0.615. The molecule has 6 heteroatoms. The molecule has 25 heavy (non-hydrogen) atoms. The topological polar surface area (TPSA) is 70.7 Å². The van der Waals surface area contributed by atoms with Gasteiger partial charge in [0.2, 0.25) is 0 Å². The molecule has 1 heterocycles. The van der Waals surface area contributed by atoms with Crippen LogP contribution in [0.15, 0.2) is 24.3 Å². The number of rotatable bonds is 4. The number of hydrogen-bond acceptors (Lipinski definition) is 3. The van der Waals surface area contributed by atoms with Crippen LogP contribution in [0.1, 0.15) is 42.5 Å². The highest BCUT2D eigenvalue weighted by molar-refractivity contribution is 5.95. The van der Waals surface area contributed by atoms with E-state index in [2.05, 4.69) is 10.6 Å². The number of carbonyl (C=O) groups is 2. The molecule has 136 valence electrons. The Morgan fingerprint density at radius 1 is 1.04 bits per heavy atom. The van der Waals surface area contributed by atoms with Crippen molar-refractivity contribution in [2.24, 2.45) is 5.92 Å². The normalized spacial score (nSPS) is 18.6. The van der Waals surface area contributed by atoms with E-state index >= 15 is 0 Å². The van der Waals surface area contributed by atoms with Crippen molar-refractivity contribution in [2.75, 3.05) is 38.2 Å². The largest absolute Gasteiger partial charge is 0.378 e. The zero-order valence-corrected chi connectivity index (χ0v) is 14.6. The average molecular weight is 345 g/mol. The van der Waals surface area contributed by atoms with E-state index in [4.69, 9.17) is 4.74 Å². The standard InChI is InChI=1S/C19H27N3O3/c23-18(22-10-12-25-13-11-22)16-6-8-17(9-7-16)21-19(24)20-14-15-4-2-1-3-5-15/h6-9,15H,1-5,10-14H2,(H2,20,21,24). The number of urea groups is 1. The van der Waals surface area contributed by atoms with Crippen LogP contribution in [0.2, 0.25) is 0 Å². The van der Waals surface area contributed by atoms with Crippen LogP contribution >= 0.6 is 0 Å². The lowest BCUT2D eigenvalue weighted by molar-refractivity contribution is 0.0303. The van der Waals surface area contributed by atoms with Crippen LogP contribution in [-0.2, 0) is 4.74 Å². The van der Waals surface area contributed by atoms with Gasteiger partial charge in [0.05, 0.1) is 13.2 Å². The van der Waals surface area contributed by atoms with Crippen molar-refractivity contribution in [3.05, 3.63) is 29.8 Å². The summed E-state index contributed by atoms with van der Waals surface area (Å²) in [5, 5.41) is 5.78. The second-order valence-electron chi connectivity index (χ2n) is 6.82. The van der Waals surface area contributed by atoms with Gasteiger partial charge in [-0.1, -0.05) is 19.3 Å². The molecule has 2 fully saturated rings. The van der Waals surface area contributed by atoms with E-state index in [1.165, 1.54) is 32.1 Å². The maximum atomic E-state index is 12.4. The minimum Gasteiger partial charge on any atom is -0.378 e. The van der Waals surface area contributed by atoms with Gasteiger partial charge in [0, 0.05) is 30.9 Å². The third-order valence-corrected chi connectivity index (χ3v) is 4.96. The number of anilines is 1. The molecule has 1 aliphatic heterocycles. The minimum atomic E-state index is -0.183. The van der Waals surface area contributed by atoms with Gasteiger partial charge in [0.15, 0.2) is 0 Å². The van der Waals surface area contributed by atoms with Crippen LogP contribution in [0.5, 0.6) is 0 Å². The molecule has 2 aliphatic rings. The molecular weight excluding hydrogens is 318 g/mol. The van der Waals surface area contributed by atoms with Gasteiger partial charge in [-0.05, 0) is 43.0 Å². The highest BCUT2D eigenvalue weighted by Crippen LogP contribution is 2.22. The van der Waals surface area contributed by atoms with E-state index in [9.17, 15) is 9.59 Å². The van der Waals surface area contributed by atoms with E-state index in [1.807, 2.05) is 0 Å². The van der Waals surface area contributed by atoms with Gasteiger partial charge < -0.3 is 20.3 Å². The van der Waals surface area contributed by atoms with E-state index in [1.54, 1.807) is 29.2 Å². The predicted octanol–water partition coefficient (Wildman–Crippen LogP) is 2.86. The first kappa shape index (κ1) is 17.7. The summed E-state index contributed by atoms with van der Waals surface area (Å²) in [7, 11) is 0. The molecule has 3 rings (SSSR count). The molecule has 1 aromatic rings. The Bertz CT molecular complexity index is 576. The van der Waals surface area contributed by atoms with Crippen molar-refractivity contribution >= 4 is 17.6 Å². The molecule has 0 radical (unpaired) electrons. The first-order chi connectivity index (χ1) is 12.2. The molecular formula is C19H27N3O3. The fraction of sp³-hybridized carbons (Fsp3) is 0.579. The Hall–Kier alpha value is -2.08. The summed E-state index contributed by atoms with van der Waals surface area (Å²) in [6, 6.07) is 6.88. The van der Waals surface area contributed by atoms with Crippen LogP contribution in [0.25, 0.3) is 0 Å². The third-order valence-electron chi connectivity index (χ3n) is 4.96. The van der Waals surface area contributed by atoms with E-state index in [0.29, 0.717) is 43.5 Å². The van der Waals surface area contributed by atoms with E-state index in [0.717, 1.165) is 6.54 Å². The van der Waals surface area contributed by atoms with Crippen molar-refractivity contribution < 1.29 is 14.3 Å². The van der Waals surface area contributed by atoms with E-state index < -0.39 is 0 Å². The number of benzene rings is 1. The fourth-order valence-corrected chi connectivity index (χ4v) is 3.45. The number of hydrogen-bond donors (Lipinski definition) is 2. The number of morpholine rings is 1. The zero-order chi connectivity index (χ0) is 17.5. The molecule has 1 saturated heterocycles. The molecule has 1 saturated carbocycles. The molecule has 0 unspecified atom stereocenters. The number of amides is 3. The monoisotopic (exact) mass is 345 g/mol. The second kappa shape index (κ2) is 8.85. The van der Waals surface area contributed by atoms with Crippen molar-refractivity contribution in [1.82, 2.24) is 10.2 Å². The summed E-state index contributed by atoms with van der Waals surface area (Å²) in [5.41, 5.74) is 1.33. The van der Waals surface area contributed by atoms with Crippen molar-refractivity contribution in [2.45, 2.75) is 32.1 Å². The van der Waals surface area contributed by atoms with Crippen molar-refractivity contribution in [3.8, 4) is 0 Å². The lowest BCUT2D eigenvalue weighted by atomic mass is 9.89. The Labute approximate surface area is 148 Å². The summed E-state index contributed by atoms with van der Waals surface area (Å²) in [6.07, 6.45) is 6.27. The first-order valence-electron chi connectivity index (χ1n) is 9.24. The quantitative estimate of drug-likeness (QED) is 0.881. The second-order valence-corrected chi connectivity index (χ2v) is 6.82. The van der Waals surface area contributed by atoms with Crippen LogP contribution < -0.4 is 10.6 Å². The average Bonchev–Trinajstić information content (AvgIpc) is 2.68. The van der Waals surface area contributed by atoms with E-state index in [-0.39, 0.29) is 11.9 Å². The lowest BCUT2D eigenvalue weighted by Crippen LogP contribution is -2.40. The van der Waals surface area contributed by atoms with Crippen LogP contribution in [-0.4, -0.2) is 49.7 Å². The molecule has 1 aromatic carbocycles. The van der Waals surface area contributed by atoms with Gasteiger partial charge in [-0.15, -0.1) is 0 Å². The van der Waals surface area contributed by atoms with Crippen molar-refractivity contribution in [3.63, 3.8) is 0 Å². The Morgan fingerprint density at radius 3 is 2.40 bits per heavy atom. The van der Waals surface area contributed by atoms with Crippen LogP contribution in [0.4, 0.5) is 10.5 Å². The summed E-state index contributed by atoms with van der Waals surface area (Å²) in [6.45, 7) is 3.17. The maximum absolute atomic E-state index is 12.4. The molecule has 0 bridgehead atoms. The number of carbonyl (C=O) groups excluding carboxylic acids is 2. The van der Waals surface area contributed by atoms with Crippen LogP contribution in [0.3, 0.4) is 0 Å². The highest BCUT2D eigenvalue weighted by Gasteiger charge is 2.18. The van der Waals surface area contributed by atoms with Gasteiger partial charge in [-0.2, -0.15) is 0 Å². The number of nitrogens with zero attached hydrogens (tertiary/aromatic N) is 1. The highest BCUT2D eigenvalue weighted by atomic mass is 16.5. The van der Waals surface area contributed by atoms with Crippen LogP contribution in [0, 0.1) is 5.92 Å². The molecule has 1 aliphatic carbocycles. The van der Waals surface area contributed by atoms with Gasteiger partial charge in [0.1, 0.15) is 0 Å². The number of ether oxygens (including phenoxy) is 1. The smallest absolute Gasteiger partial charge is 0.319 e. The van der Waals surface area contributed by atoms with Gasteiger partial charge in [0.25, 0.3) is 5.91 Å². The molecule has 0 spiro atoms. The molecule has 0 atom stereocenters. The maximum Gasteiger partial charge on any atom is 0.319 e. The molecule has 2 N–H and O–H groups in total. The molecule has 0 aromatic heterocycles. The van der Waals surface area contributed by atoms with Gasteiger partial charge in [-0.3, -0.25) is 4.79 Å². The third kappa shape index (κ3) is 5.19. The Kier molecular flexibility index (Phi) is 6.28. The summed E-state index contributed by atoms with van der Waals surface area (Å²) < 4.78 is 5.27. The van der Waals surface area contributed by atoms with Gasteiger partial charge >= 0.3 is 6.03 Å². The Morgan fingerprint density at radius 2 is 1.72 bits per heavy atom. The molecule has 3 amide bonds. The summed E-state index contributed by atoms with van der Waals surface area (Å²) in [4.78, 5) is 26.2. The van der Waals surface area contributed by atoms with Gasteiger partial charge in [-0.25, -0.2) is 4.79 Å². The van der Waals surface area contributed by atoms with Crippen molar-refractivity contribution in [1.29, 1.82) is 0 Å². The fourth-order valence-electron chi connectivity index (χ4n) is 3.45. The number of nitrogens with one attached hydrogen (secondary N) is 2. The SMILES string of the molecule is O=C(NCC1CCCCC1)Nc1ccc(C(=O)N2CCOCC2)cc1. The Balaban J connectivity index is 1.46. The minimum absolute atomic E-state index is 0.0107. The lowest BCUT2D eigenvalue weighted by Gasteiger charge is -2.26. The molecule has 6 nitrogen and oxygen atoms in total. The summed E-state index contributed by atoms with van der Waals surface area (Å²) >= 11 is 0. The predicted molar refractivity (Wildman–Crippen MR) is 96.8 cm³/mol.